The Hall–Kier alpha value is -1.44. The SMILES string of the molecule is C=C1SCC(O)(c2ccc(C#N)cc2)N1CCC. The lowest BCUT2D eigenvalue weighted by Crippen LogP contribution is -2.42. The fraction of sp³-hybridized carbons (Fsp3) is 0.357. The summed E-state index contributed by atoms with van der Waals surface area (Å²) >= 11 is 1.57. The molecule has 1 aromatic rings. The number of aliphatic hydroxyl groups is 1. The molecule has 0 aliphatic carbocycles. The second-order valence-electron chi connectivity index (χ2n) is 4.34. The average molecular weight is 260 g/mol. The van der Waals surface area contributed by atoms with Crippen LogP contribution < -0.4 is 0 Å². The van der Waals surface area contributed by atoms with Gasteiger partial charge in [-0.15, -0.1) is 11.8 Å². The largest absolute Gasteiger partial charge is 0.366 e. The van der Waals surface area contributed by atoms with Crippen molar-refractivity contribution in [2.45, 2.75) is 19.1 Å². The minimum Gasteiger partial charge on any atom is -0.366 e. The molecule has 1 N–H and O–H groups in total. The molecule has 0 spiro atoms. The van der Waals surface area contributed by atoms with Gasteiger partial charge < -0.3 is 10.0 Å². The van der Waals surface area contributed by atoms with Crippen LogP contribution in [0.1, 0.15) is 24.5 Å². The van der Waals surface area contributed by atoms with E-state index in [0.29, 0.717) is 11.3 Å². The Morgan fingerprint density at radius 2 is 2.17 bits per heavy atom. The summed E-state index contributed by atoms with van der Waals surface area (Å²) in [6.45, 7) is 6.84. The lowest BCUT2D eigenvalue weighted by molar-refractivity contribution is -0.0633. The summed E-state index contributed by atoms with van der Waals surface area (Å²) < 4.78 is 0. The summed E-state index contributed by atoms with van der Waals surface area (Å²) in [5.41, 5.74) is 0.432. The van der Waals surface area contributed by atoms with E-state index in [1.54, 1.807) is 23.9 Å². The summed E-state index contributed by atoms with van der Waals surface area (Å²) in [5.74, 6) is 0.581. The second kappa shape index (κ2) is 5.05. The number of thioether (sulfide) groups is 1. The van der Waals surface area contributed by atoms with Crippen molar-refractivity contribution in [1.29, 1.82) is 5.26 Å². The first-order valence-corrected chi connectivity index (χ1v) is 6.92. The topological polar surface area (TPSA) is 47.3 Å². The van der Waals surface area contributed by atoms with E-state index in [1.165, 1.54) is 0 Å². The van der Waals surface area contributed by atoms with Crippen LogP contribution in [-0.4, -0.2) is 22.3 Å². The van der Waals surface area contributed by atoms with Crippen LogP contribution in [0.25, 0.3) is 0 Å². The lowest BCUT2D eigenvalue weighted by Gasteiger charge is -2.35. The molecule has 1 heterocycles. The van der Waals surface area contributed by atoms with Gasteiger partial charge in [-0.3, -0.25) is 0 Å². The monoisotopic (exact) mass is 260 g/mol. The van der Waals surface area contributed by atoms with Crippen molar-refractivity contribution in [2.75, 3.05) is 12.3 Å². The van der Waals surface area contributed by atoms with Gasteiger partial charge in [0.15, 0.2) is 5.72 Å². The molecule has 0 aromatic heterocycles. The molecule has 0 bridgehead atoms. The molecule has 0 saturated carbocycles. The third-order valence-electron chi connectivity index (χ3n) is 3.11. The zero-order valence-corrected chi connectivity index (χ0v) is 11.2. The Labute approximate surface area is 112 Å². The summed E-state index contributed by atoms with van der Waals surface area (Å²) in [6.07, 6.45) is 0.957. The Morgan fingerprint density at radius 3 is 2.72 bits per heavy atom. The fourth-order valence-corrected chi connectivity index (χ4v) is 3.22. The van der Waals surface area contributed by atoms with Crippen LogP contribution in [0.3, 0.4) is 0 Å². The Bertz CT molecular complexity index is 492. The van der Waals surface area contributed by atoms with Crippen LogP contribution in [0.2, 0.25) is 0 Å². The van der Waals surface area contributed by atoms with E-state index in [1.807, 2.05) is 17.0 Å². The highest BCUT2D eigenvalue weighted by Gasteiger charge is 2.42. The lowest BCUT2D eigenvalue weighted by atomic mass is 10.0. The van der Waals surface area contributed by atoms with Gasteiger partial charge in [0, 0.05) is 12.1 Å². The molecule has 0 radical (unpaired) electrons. The number of nitriles is 1. The van der Waals surface area contributed by atoms with Crippen LogP contribution >= 0.6 is 11.8 Å². The van der Waals surface area contributed by atoms with Crippen LogP contribution in [-0.2, 0) is 5.72 Å². The maximum atomic E-state index is 10.8. The van der Waals surface area contributed by atoms with Crippen molar-refractivity contribution in [1.82, 2.24) is 4.90 Å². The third kappa shape index (κ3) is 2.12. The number of benzene rings is 1. The van der Waals surface area contributed by atoms with Gasteiger partial charge >= 0.3 is 0 Å². The molecule has 18 heavy (non-hydrogen) atoms. The van der Waals surface area contributed by atoms with Crippen LogP contribution in [0.5, 0.6) is 0 Å². The highest BCUT2D eigenvalue weighted by Crippen LogP contribution is 2.43. The zero-order valence-electron chi connectivity index (χ0n) is 10.4. The van der Waals surface area contributed by atoms with Crippen molar-refractivity contribution in [3.8, 4) is 6.07 Å². The van der Waals surface area contributed by atoms with Gasteiger partial charge in [0.2, 0.25) is 0 Å². The maximum absolute atomic E-state index is 10.8. The normalized spacial score (nSPS) is 23.2. The van der Waals surface area contributed by atoms with E-state index in [2.05, 4.69) is 19.6 Å². The first kappa shape index (κ1) is 13.0. The molecule has 3 nitrogen and oxygen atoms in total. The number of rotatable bonds is 3. The molecule has 1 aliphatic rings. The zero-order chi connectivity index (χ0) is 13.2. The van der Waals surface area contributed by atoms with E-state index < -0.39 is 5.72 Å². The van der Waals surface area contributed by atoms with E-state index in [9.17, 15) is 5.11 Å². The first-order chi connectivity index (χ1) is 8.61. The molecule has 1 fully saturated rings. The van der Waals surface area contributed by atoms with Crippen LogP contribution in [0.4, 0.5) is 0 Å². The van der Waals surface area contributed by atoms with E-state index in [4.69, 9.17) is 5.26 Å². The molecular formula is C14H16N2OS. The third-order valence-corrected chi connectivity index (χ3v) is 4.21. The van der Waals surface area contributed by atoms with Gasteiger partial charge in [0.1, 0.15) is 0 Å². The number of hydrogen-bond acceptors (Lipinski definition) is 4. The number of nitrogens with zero attached hydrogens (tertiary/aromatic N) is 2. The Balaban J connectivity index is 2.34. The summed E-state index contributed by atoms with van der Waals surface area (Å²) in [6, 6.07) is 9.20. The molecule has 1 unspecified atom stereocenters. The molecule has 0 amide bonds. The molecule has 1 atom stereocenters. The van der Waals surface area contributed by atoms with Gasteiger partial charge in [-0.2, -0.15) is 5.26 Å². The Morgan fingerprint density at radius 1 is 1.50 bits per heavy atom. The quantitative estimate of drug-likeness (QED) is 0.907. The molecule has 1 aromatic carbocycles. The molecule has 94 valence electrons. The highest BCUT2D eigenvalue weighted by molar-refractivity contribution is 8.03. The van der Waals surface area contributed by atoms with Crippen LogP contribution in [0, 0.1) is 11.3 Å². The number of hydrogen-bond donors (Lipinski definition) is 1. The fourth-order valence-electron chi connectivity index (χ4n) is 2.13. The average Bonchev–Trinajstić information content (AvgIpc) is 2.69. The highest BCUT2D eigenvalue weighted by atomic mass is 32.2. The summed E-state index contributed by atoms with van der Waals surface area (Å²) in [7, 11) is 0. The molecule has 4 heteroatoms. The van der Waals surface area contributed by atoms with Gasteiger partial charge in [-0.05, 0) is 18.6 Å². The van der Waals surface area contributed by atoms with Gasteiger partial charge in [-0.25, -0.2) is 0 Å². The second-order valence-corrected chi connectivity index (χ2v) is 5.39. The van der Waals surface area contributed by atoms with Crippen molar-refractivity contribution in [2.24, 2.45) is 0 Å². The van der Waals surface area contributed by atoms with Crippen molar-refractivity contribution < 1.29 is 5.11 Å². The first-order valence-electron chi connectivity index (χ1n) is 5.94. The maximum Gasteiger partial charge on any atom is 0.174 e. The van der Waals surface area contributed by atoms with Gasteiger partial charge in [0.25, 0.3) is 0 Å². The standard InChI is InChI=1S/C14H16N2OS/c1-3-8-16-11(2)18-10-14(16,17)13-6-4-12(9-15)5-7-13/h4-7,17H,2-3,8,10H2,1H3. The minimum atomic E-state index is -0.994. The van der Waals surface area contributed by atoms with Gasteiger partial charge in [-0.1, -0.05) is 25.6 Å². The predicted molar refractivity (Wildman–Crippen MR) is 73.6 cm³/mol. The molecule has 2 rings (SSSR count). The van der Waals surface area contributed by atoms with Crippen molar-refractivity contribution in [3.05, 3.63) is 47.0 Å². The summed E-state index contributed by atoms with van der Waals surface area (Å²) in [4.78, 5) is 1.94. The van der Waals surface area contributed by atoms with Crippen LogP contribution in [0.15, 0.2) is 35.9 Å². The van der Waals surface area contributed by atoms with Crippen molar-refractivity contribution in [3.63, 3.8) is 0 Å². The Kier molecular flexibility index (Phi) is 3.65. The van der Waals surface area contributed by atoms with Crippen molar-refractivity contribution >= 4 is 11.8 Å². The summed E-state index contributed by atoms with van der Waals surface area (Å²) in [5, 5.41) is 20.6. The van der Waals surface area contributed by atoms with E-state index >= 15 is 0 Å². The smallest absolute Gasteiger partial charge is 0.174 e. The molecule has 1 aliphatic heterocycles. The molecular weight excluding hydrogens is 244 g/mol. The van der Waals surface area contributed by atoms with Gasteiger partial charge in [0.05, 0.1) is 22.4 Å². The predicted octanol–water partition coefficient (Wildman–Crippen LogP) is 2.63. The van der Waals surface area contributed by atoms with E-state index in [0.717, 1.165) is 23.6 Å². The minimum absolute atomic E-state index is 0.581. The molecule has 1 saturated heterocycles. The van der Waals surface area contributed by atoms with E-state index in [-0.39, 0.29) is 0 Å².